The first-order valence-electron chi connectivity index (χ1n) is 7.26. The van der Waals surface area contributed by atoms with Crippen molar-refractivity contribution in [1.82, 2.24) is 5.32 Å². The van der Waals surface area contributed by atoms with E-state index in [0.29, 0.717) is 5.41 Å². The number of nitrogens with one attached hydrogen (secondary N) is 1. The summed E-state index contributed by atoms with van der Waals surface area (Å²) in [6.07, 6.45) is 1.15. The molecule has 0 fully saturated rings. The second-order valence-corrected chi connectivity index (χ2v) is 6.15. The second-order valence-electron chi connectivity index (χ2n) is 6.15. The Bertz CT molecular complexity index is 571. The van der Waals surface area contributed by atoms with Gasteiger partial charge in [0, 0.05) is 11.9 Å². The molecular formula is C17H25NO2. The molecule has 0 bridgehead atoms. The molecule has 1 N–H and O–H groups in total. The molecule has 110 valence electrons. The number of methoxy groups -OCH3 is 1. The quantitative estimate of drug-likeness (QED) is 0.841. The van der Waals surface area contributed by atoms with Gasteiger partial charge in [-0.05, 0) is 30.9 Å². The zero-order chi connectivity index (χ0) is 14.8. The summed E-state index contributed by atoms with van der Waals surface area (Å²) < 4.78 is 11.3. The topological polar surface area (TPSA) is 34.4 Å². The Labute approximate surface area is 121 Å². The first kappa shape index (κ1) is 14.9. The molecule has 0 aliphatic heterocycles. The van der Waals surface area contributed by atoms with Gasteiger partial charge in [0.1, 0.15) is 5.76 Å². The lowest BCUT2D eigenvalue weighted by Gasteiger charge is -2.25. The second kappa shape index (κ2) is 5.88. The molecule has 20 heavy (non-hydrogen) atoms. The maximum atomic E-state index is 5.96. The van der Waals surface area contributed by atoms with Gasteiger partial charge in [-0.2, -0.15) is 0 Å². The molecule has 1 atom stereocenters. The Balaban J connectivity index is 2.16. The van der Waals surface area contributed by atoms with Crippen molar-refractivity contribution in [2.24, 2.45) is 5.41 Å². The first-order valence-corrected chi connectivity index (χ1v) is 7.26. The van der Waals surface area contributed by atoms with Gasteiger partial charge in [-0.15, -0.1) is 0 Å². The highest BCUT2D eigenvalue weighted by molar-refractivity contribution is 5.83. The predicted octanol–water partition coefficient (Wildman–Crippen LogP) is 4.53. The SMILES string of the molecule is CCC(C)(C)CNC(C)c1cc2cccc(OC)c2o1. The van der Waals surface area contributed by atoms with E-state index >= 15 is 0 Å². The molecule has 0 saturated heterocycles. The fourth-order valence-corrected chi connectivity index (χ4v) is 2.09. The third kappa shape index (κ3) is 3.15. The Morgan fingerprint density at radius 3 is 2.75 bits per heavy atom. The van der Waals surface area contributed by atoms with Crippen molar-refractivity contribution in [3.05, 3.63) is 30.0 Å². The highest BCUT2D eigenvalue weighted by Crippen LogP contribution is 2.31. The fraction of sp³-hybridized carbons (Fsp3) is 0.529. The van der Waals surface area contributed by atoms with Crippen molar-refractivity contribution >= 4 is 11.0 Å². The highest BCUT2D eigenvalue weighted by Gasteiger charge is 2.18. The molecule has 3 nitrogen and oxygen atoms in total. The number of hydrogen-bond acceptors (Lipinski definition) is 3. The van der Waals surface area contributed by atoms with Gasteiger partial charge in [0.15, 0.2) is 11.3 Å². The molecule has 0 saturated carbocycles. The number of ether oxygens (including phenoxy) is 1. The van der Waals surface area contributed by atoms with Crippen LogP contribution in [0.1, 0.15) is 45.9 Å². The van der Waals surface area contributed by atoms with Crippen LogP contribution < -0.4 is 10.1 Å². The minimum Gasteiger partial charge on any atom is -0.493 e. The summed E-state index contributed by atoms with van der Waals surface area (Å²) in [5.74, 6) is 1.74. The van der Waals surface area contributed by atoms with Crippen LogP contribution in [0.2, 0.25) is 0 Å². The van der Waals surface area contributed by atoms with Gasteiger partial charge >= 0.3 is 0 Å². The van der Waals surface area contributed by atoms with Gasteiger partial charge < -0.3 is 14.5 Å². The van der Waals surface area contributed by atoms with Gasteiger partial charge in [0.2, 0.25) is 0 Å². The van der Waals surface area contributed by atoms with Crippen LogP contribution in [0.5, 0.6) is 5.75 Å². The van der Waals surface area contributed by atoms with Crippen LogP contribution in [-0.4, -0.2) is 13.7 Å². The molecule has 0 amide bonds. The molecule has 0 aliphatic rings. The lowest BCUT2D eigenvalue weighted by Crippen LogP contribution is -2.30. The maximum absolute atomic E-state index is 5.96. The molecule has 1 unspecified atom stereocenters. The summed E-state index contributed by atoms with van der Waals surface area (Å²) >= 11 is 0. The van der Waals surface area contributed by atoms with Gasteiger partial charge in [0.25, 0.3) is 0 Å². The van der Waals surface area contributed by atoms with Crippen molar-refractivity contribution in [3.63, 3.8) is 0 Å². The van der Waals surface area contributed by atoms with Crippen molar-refractivity contribution in [2.75, 3.05) is 13.7 Å². The van der Waals surface area contributed by atoms with Gasteiger partial charge in [-0.3, -0.25) is 0 Å². The maximum Gasteiger partial charge on any atom is 0.176 e. The zero-order valence-electron chi connectivity index (χ0n) is 13.1. The Morgan fingerprint density at radius 1 is 1.35 bits per heavy atom. The number of fused-ring (bicyclic) bond motifs is 1. The van der Waals surface area contributed by atoms with E-state index in [0.717, 1.165) is 35.4 Å². The van der Waals surface area contributed by atoms with E-state index in [1.54, 1.807) is 7.11 Å². The number of rotatable bonds is 6. The summed E-state index contributed by atoms with van der Waals surface area (Å²) in [6.45, 7) is 9.87. The van der Waals surface area contributed by atoms with E-state index in [1.807, 2.05) is 18.2 Å². The number of benzene rings is 1. The summed E-state index contributed by atoms with van der Waals surface area (Å²) in [6, 6.07) is 8.24. The first-order chi connectivity index (χ1) is 9.46. The van der Waals surface area contributed by atoms with Gasteiger partial charge in [-0.25, -0.2) is 0 Å². The third-order valence-corrected chi connectivity index (χ3v) is 4.02. The number of hydrogen-bond donors (Lipinski definition) is 1. The minimum absolute atomic E-state index is 0.193. The fourth-order valence-electron chi connectivity index (χ4n) is 2.09. The monoisotopic (exact) mass is 275 g/mol. The molecule has 2 rings (SSSR count). The molecule has 0 spiro atoms. The van der Waals surface area contributed by atoms with Crippen LogP contribution in [0.3, 0.4) is 0 Å². The molecule has 0 aliphatic carbocycles. The van der Waals surface area contributed by atoms with Crippen molar-refractivity contribution < 1.29 is 9.15 Å². The lowest BCUT2D eigenvalue weighted by molar-refractivity contribution is 0.303. The average molecular weight is 275 g/mol. The van der Waals surface area contributed by atoms with Crippen LogP contribution in [0.4, 0.5) is 0 Å². The zero-order valence-corrected chi connectivity index (χ0v) is 13.1. The Morgan fingerprint density at radius 2 is 2.10 bits per heavy atom. The van der Waals surface area contributed by atoms with Crippen LogP contribution in [-0.2, 0) is 0 Å². The van der Waals surface area contributed by atoms with E-state index in [9.17, 15) is 0 Å². The van der Waals surface area contributed by atoms with E-state index in [1.165, 1.54) is 0 Å². The minimum atomic E-state index is 0.193. The molecule has 2 aromatic rings. The number of para-hydroxylation sites is 1. The van der Waals surface area contributed by atoms with Crippen LogP contribution in [0.25, 0.3) is 11.0 Å². The Hall–Kier alpha value is -1.48. The molecule has 3 heteroatoms. The van der Waals surface area contributed by atoms with Gasteiger partial charge in [0.05, 0.1) is 13.2 Å². The van der Waals surface area contributed by atoms with Gasteiger partial charge in [-0.1, -0.05) is 32.9 Å². The highest BCUT2D eigenvalue weighted by atomic mass is 16.5. The summed E-state index contributed by atoms with van der Waals surface area (Å²) in [5.41, 5.74) is 1.13. The molecule has 1 aromatic heterocycles. The average Bonchev–Trinajstić information content (AvgIpc) is 2.88. The molecule has 1 aromatic carbocycles. The summed E-state index contributed by atoms with van der Waals surface area (Å²) in [4.78, 5) is 0. The smallest absolute Gasteiger partial charge is 0.176 e. The summed E-state index contributed by atoms with van der Waals surface area (Å²) in [7, 11) is 1.67. The van der Waals surface area contributed by atoms with E-state index in [2.05, 4.69) is 39.1 Å². The molecule has 1 heterocycles. The molecule has 0 radical (unpaired) electrons. The normalized spacial score (nSPS) is 13.7. The predicted molar refractivity (Wildman–Crippen MR) is 83.3 cm³/mol. The van der Waals surface area contributed by atoms with Crippen LogP contribution >= 0.6 is 0 Å². The van der Waals surface area contributed by atoms with E-state index < -0.39 is 0 Å². The largest absolute Gasteiger partial charge is 0.493 e. The van der Waals surface area contributed by atoms with Crippen LogP contribution in [0.15, 0.2) is 28.7 Å². The van der Waals surface area contributed by atoms with Crippen molar-refractivity contribution in [2.45, 2.75) is 40.2 Å². The standard InChI is InChI=1S/C17H25NO2/c1-6-17(3,4)11-18-12(2)15-10-13-8-7-9-14(19-5)16(13)20-15/h7-10,12,18H,6,11H2,1-5H3. The third-order valence-electron chi connectivity index (χ3n) is 4.02. The van der Waals surface area contributed by atoms with E-state index in [-0.39, 0.29) is 6.04 Å². The summed E-state index contributed by atoms with van der Waals surface area (Å²) in [5, 5.41) is 4.64. The van der Waals surface area contributed by atoms with Crippen molar-refractivity contribution in [3.8, 4) is 5.75 Å². The molecular weight excluding hydrogens is 250 g/mol. The van der Waals surface area contributed by atoms with E-state index in [4.69, 9.17) is 9.15 Å². The van der Waals surface area contributed by atoms with Crippen LogP contribution in [0, 0.1) is 5.41 Å². The Kier molecular flexibility index (Phi) is 4.39. The lowest BCUT2D eigenvalue weighted by atomic mass is 9.90. The van der Waals surface area contributed by atoms with Crippen molar-refractivity contribution in [1.29, 1.82) is 0 Å². The number of furan rings is 1.